The number of likely N-dealkylation sites (tertiary alicyclic amines) is 1. The smallest absolute Gasteiger partial charge is 0.243 e. The number of benzene rings is 1. The highest BCUT2D eigenvalue weighted by molar-refractivity contribution is 5.93. The molecule has 3 rings (SSSR count). The van der Waals surface area contributed by atoms with Crippen LogP contribution < -0.4 is 10.6 Å². The van der Waals surface area contributed by atoms with Crippen LogP contribution in [0, 0.1) is 18.7 Å². The number of nitrogens with zero attached hydrogens (tertiary/aromatic N) is 2. The van der Waals surface area contributed by atoms with Crippen LogP contribution in [0.5, 0.6) is 0 Å². The summed E-state index contributed by atoms with van der Waals surface area (Å²) in [7, 11) is 0. The zero-order chi connectivity index (χ0) is 20.8. The predicted molar refractivity (Wildman–Crippen MR) is 107 cm³/mol. The van der Waals surface area contributed by atoms with Crippen LogP contribution in [0.4, 0.5) is 10.3 Å². The van der Waals surface area contributed by atoms with Crippen molar-refractivity contribution >= 4 is 17.7 Å². The van der Waals surface area contributed by atoms with Gasteiger partial charge in [-0.25, -0.2) is 4.39 Å². The van der Waals surface area contributed by atoms with Crippen molar-refractivity contribution in [1.29, 1.82) is 0 Å². The number of anilines is 1. The zero-order valence-corrected chi connectivity index (χ0v) is 16.8. The first kappa shape index (κ1) is 21.0. The number of amides is 2. The normalized spacial score (nSPS) is 16.4. The number of hydrogen-bond acceptors (Lipinski definition) is 5. The minimum absolute atomic E-state index is 0.00442. The van der Waals surface area contributed by atoms with E-state index < -0.39 is 0 Å². The van der Waals surface area contributed by atoms with Gasteiger partial charge in [-0.2, -0.15) is 0 Å². The molecule has 2 amide bonds. The number of carbonyl (C=O) groups is 2. The molecule has 0 saturated carbocycles. The van der Waals surface area contributed by atoms with Crippen LogP contribution in [0.2, 0.25) is 0 Å². The van der Waals surface area contributed by atoms with Crippen molar-refractivity contribution in [2.75, 3.05) is 25.0 Å². The molecule has 2 heterocycles. The SMILES string of the molecule is Cc1cc(NC(=O)C(C)N2CCC(C(=O)NCCc3ccccc3F)CC2)on1. The Morgan fingerprint density at radius 3 is 2.69 bits per heavy atom. The van der Waals surface area contributed by atoms with E-state index in [4.69, 9.17) is 4.52 Å². The standard InChI is InChI=1S/C21H27FN4O3/c1-14-13-19(29-25-14)24-20(27)15(2)26-11-8-17(9-12-26)21(28)23-10-7-16-5-3-4-6-18(16)22/h3-6,13,15,17H,7-12H2,1-2H3,(H,23,28)(H,24,27). The Morgan fingerprint density at radius 1 is 1.31 bits per heavy atom. The number of hydrogen-bond donors (Lipinski definition) is 2. The monoisotopic (exact) mass is 402 g/mol. The third-order valence-corrected chi connectivity index (χ3v) is 5.35. The second-order valence-electron chi connectivity index (χ2n) is 7.44. The minimum Gasteiger partial charge on any atom is -0.356 e. The predicted octanol–water partition coefficient (Wildman–Crippen LogP) is 2.52. The molecule has 0 radical (unpaired) electrons. The van der Waals surface area contributed by atoms with Crippen LogP contribution >= 0.6 is 0 Å². The van der Waals surface area contributed by atoms with Crippen LogP contribution in [0.25, 0.3) is 0 Å². The molecule has 1 aromatic heterocycles. The number of carbonyl (C=O) groups excluding carboxylic acids is 2. The summed E-state index contributed by atoms with van der Waals surface area (Å²) in [4.78, 5) is 26.9. The molecular formula is C21H27FN4O3. The molecule has 2 N–H and O–H groups in total. The second kappa shape index (κ2) is 9.65. The Balaban J connectivity index is 1.40. The molecule has 1 unspecified atom stereocenters. The highest BCUT2D eigenvalue weighted by Crippen LogP contribution is 2.20. The summed E-state index contributed by atoms with van der Waals surface area (Å²) < 4.78 is 18.7. The highest BCUT2D eigenvalue weighted by atomic mass is 19.1. The van der Waals surface area contributed by atoms with E-state index in [0.29, 0.717) is 56.0 Å². The molecule has 7 nitrogen and oxygen atoms in total. The van der Waals surface area contributed by atoms with Gasteiger partial charge < -0.3 is 9.84 Å². The number of piperidine rings is 1. The van der Waals surface area contributed by atoms with Gasteiger partial charge in [0.15, 0.2) is 0 Å². The summed E-state index contributed by atoms with van der Waals surface area (Å²) in [5.74, 6) is -0.158. The maximum atomic E-state index is 13.6. The first-order chi connectivity index (χ1) is 13.9. The van der Waals surface area contributed by atoms with Crippen molar-refractivity contribution in [2.24, 2.45) is 5.92 Å². The maximum absolute atomic E-state index is 13.6. The Kier molecular flexibility index (Phi) is 6.98. The van der Waals surface area contributed by atoms with Gasteiger partial charge >= 0.3 is 0 Å². The van der Waals surface area contributed by atoms with E-state index in [1.165, 1.54) is 6.07 Å². The molecule has 0 aliphatic carbocycles. The van der Waals surface area contributed by atoms with Crippen LogP contribution in [0.15, 0.2) is 34.9 Å². The lowest BCUT2D eigenvalue weighted by Crippen LogP contribution is -2.48. The summed E-state index contributed by atoms with van der Waals surface area (Å²) in [5.41, 5.74) is 1.30. The maximum Gasteiger partial charge on any atom is 0.243 e. The lowest BCUT2D eigenvalue weighted by Gasteiger charge is -2.34. The molecule has 1 aliphatic heterocycles. The molecular weight excluding hydrogens is 375 g/mol. The van der Waals surface area contributed by atoms with Crippen molar-refractivity contribution in [3.63, 3.8) is 0 Å². The summed E-state index contributed by atoms with van der Waals surface area (Å²) in [6, 6.07) is 7.93. The van der Waals surface area contributed by atoms with E-state index >= 15 is 0 Å². The Hall–Kier alpha value is -2.74. The van der Waals surface area contributed by atoms with E-state index in [9.17, 15) is 14.0 Å². The molecule has 1 aromatic carbocycles. The Labute approximate surface area is 169 Å². The van der Waals surface area contributed by atoms with Gasteiger partial charge in [-0.15, -0.1) is 0 Å². The molecule has 1 atom stereocenters. The molecule has 8 heteroatoms. The molecule has 2 aromatic rings. The zero-order valence-electron chi connectivity index (χ0n) is 16.8. The van der Waals surface area contributed by atoms with E-state index in [-0.39, 0.29) is 29.6 Å². The van der Waals surface area contributed by atoms with Gasteiger partial charge in [-0.1, -0.05) is 23.4 Å². The fraction of sp³-hybridized carbons (Fsp3) is 0.476. The first-order valence-electron chi connectivity index (χ1n) is 9.93. The Morgan fingerprint density at radius 2 is 2.03 bits per heavy atom. The van der Waals surface area contributed by atoms with Crippen molar-refractivity contribution < 1.29 is 18.5 Å². The fourth-order valence-electron chi connectivity index (χ4n) is 3.53. The van der Waals surface area contributed by atoms with E-state index in [2.05, 4.69) is 20.7 Å². The molecule has 29 heavy (non-hydrogen) atoms. The fourth-order valence-corrected chi connectivity index (χ4v) is 3.53. The second-order valence-corrected chi connectivity index (χ2v) is 7.44. The summed E-state index contributed by atoms with van der Waals surface area (Å²) >= 11 is 0. The van der Waals surface area contributed by atoms with Gasteiger partial charge in [0.05, 0.1) is 11.7 Å². The molecule has 0 spiro atoms. The third-order valence-electron chi connectivity index (χ3n) is 5.35. The molecule has 1 fully saturated rings. The van der Waals surface area contributed by atoms with Gasteiger partial charge in [-0.3, -0.25) is 19.8 Å². The van der Waals surface area contributed by atoms with E-state index in [0.717, 1.165) is 0 Å². The van der Waals surface area contributed by atoms with Crippen LogP contribution in [0.1, 0.15) is 31.0 Å². The van der Waals surface area contributed by atoms with E-state index in [1.54, 1.807) is 31.2 Å². The van der Waals surface area contributed by atoms with Crippen molar-refractivity contribution in [1.82, 2.24) is 15.4 Å². The van der Waals surface area contributed by atoms with Gasteiger partial charge in [0.25, 0.3) is 0 Å². The van der Waals surface area contributed by atoms with Crippen molar-refractivity contribution in [2.45, 2.75) is 39.2 Å². The van der Waals surface area contributed by atoms with Crippen molar-refractivity contribution in [3.05, 3.63) is 47.4 Å². The van der Waals surface area contributed by atoms with Crippen LogP contribution in [-0.2, 0) is 16.0 Å². The van der Waals surface area contributed by atoms with Crippen molar-refractivity contribution in [3.8, 4) is 0 Å². The molecule has 156 valence electrons. The topological polar surface area (TPSA) is 87.5 Å². The average Bonchev–Trinajstić information content (AvgIpc) is 3.13. The quantitative estimate of drug-likeness (QED) is 0.743. The van der Waals surface area contributed by atoms with Gasteiger partial charge in [-0.05, 0) is 57.8 Å². The summed E-state index contributed by atoms with van der Waals surface area (Å²) in [6.07, 6.45) is 1.84. The number of aromatic nitrogens is 1. The van der Waals surface area contributed by atoms with Crippen LogP contribution in [0.3, 0.4) is 0 Å². The van der Waals surface area contributed by atoms with Gasteiger partial charge in [0, 0.05) is 18.5 Å². The average molecular weight is 402 g/mol. The number of aryl methyl sites for hydroxylation is 1. The van der Waals surface area contributed by atoms with Gasteiger partial charge in [0.2, 0.25) is 17.7 Å². The lowest BCUT2D eigenvalue weighted by molar-refractivity contribution is -0.127. The lowest BCUT2D eigenvalue weighted by atomic mass is 9.95. The number of halogens is 1. The molecule has 0 bridgehead atoms. The minimum atomic E-state index is -0.328. The van der Waals surface area contributed by atoms with Crippen LogP contribution in [-0.4, -0.2) is 47.5 Å². The van der Waals surface area contributed by atoms with Gasteiger partial charge in [0.1, 0.15) is 5.82 Å². The summed E-state index contributed by atoms with van der Waals surface area (Å²) in [6.45, 7) is 5.36. The summed E-state index contributed by atoms with van der Waals surface area (Å²) in [5, 5.41) is 9.38. The largest absolute Gasteiger partial charge is 0.356 e. The number of nitrogens with one attached hydrogen (secondary N) is 2. The highest BCUT2D eigenvalue weighted by Gasteiger charge is 2.30. The first-order valence-corrected chi connectivity index (χ1v) is 9.93. The molecule has 1 saturated heterocycles. The van der Waals surface area contributed by atoms with E-state index in [1.807, 2.05) is 6.92 Å². The third kappa shape index (κ3) is 5.63. The molecule has 1 aliphatic rings. The Bertz CT molecular complexity index is 846. The number of rotatable bonds is 7.